The molecule has 0 spiro atoms. The number of nitrogens with zero attached hydrogens (tertiary/aromatic N) is 2. The summed E-state index contributed by atoms with van der Waals surface area (Å²) in [5, 5.41) is 6.16. The second-order valence-electron chi connectivity index (χ2n) is 9.20. The van der Waals surface area contributed by atoms with Gasteiger partial charge < -0.3 is 14.8 Å². The average Bonchev–Trinajstić information content (AvgIpc) is 3.65. The summed E-state index contributed by atoms with van der Waals surface area (Å²) in [6.45, 7) is 2.81. The van der Waals surface area contributed by atoms with E-state index < -0.39 is 11.9 Å². The van der Waals surface area contributed by atoms with Gasteiger partial charge in [0, 0.05) is 30.6 Å². The highest BCUT2D eigenvalue weighted by molar-refractivity contribution is 6.32. The van der Waals surface area contributed by atoms with Crippen LogP contribution in [-0.4, -0.2) is 29.3 Å². The number of methoxy groups -OCH3 is 1. The predicted molar refractivity (Wildman–Crippen MR) is 139 cm³/mol. The van der Waals surface area contributed by atoms with Gasteiger partial charge in [-0.05, 0) is 67.7 Å². The van der Waals surface area contributed by atoms with E-state index in [1.165, 1.54) is 10.8 Å². The molecule has 1 aliphatic rings. The van der Waals surface area contributed by atoms with Gasteiger partial charge in [0.1, 0.15) is 18.1 Å². The molecule has 0 bridgehead atoms. The highest BCUT2D eigenvalue weighted by Gasteiger charge is 2.41. The number of aryl methyl sites for hydroxylation is 2. The van der Waals surface area contributed by atoms with Crippen LogP contribution >= 0.6 is 11.6 Å². The molecule has 0 unspecified atom stereocenters. The van der Waals surface area contributed by atoms with Crippen molar-refractivity contribution in [2.45, 2.75) is 51.4 Å². The summed E-state index contributed by atoms with van der Waals surface area (Å²) >= 11 is 6.00. The fraction of sp³-hybridized carbons (Fsp3) is 0.357. The lowest BCUT2D eigenvalue weighted by atomic mass is 10.1. The van der Waals surface area contributed by atoms with Crippen molar-refractivity contribution in [3.8, 4) is 11.5 Å². The Bertz CT molecular complexity index is 1320. The SMILES string of the molecule is COc1ccc(/C=C/C(=O)NCCCn2nc(C(F)(F)F)c(Cl)c2C2CC2)cc1COc1cccc(C)c1. The number of nitrogens with one attached hydrogen (secondary N) is 1. The normalized spacial score (nSPS) is 13.6. The van der Waals surface area contributed by atoms with E-state index in [-0.39, 0.29) is 29.9 Å². The third-order valence-corrected chi connectivity index (χ3v) is 6.50. The van der Waals surface area contributed by atoms with E-state index in [2.05, 4.69) is 10.4 Å². The van der Waals surface area contributed by atoms with Gasteiger partial charge in [0.15, 0.2) is 5.69 Å². The zero-order valence-corrected chi connectivity index (χ0v) is 21.9. The minimum Gasteiger partial charge on any atom is -0.496 e. The lowest BCUT2D eigenvalue weighted by Crippen LogP contribution is -2.23. The summed E-state index contributed by atoms with van der Waals surface area (Å²) in [7, 11) is 1.59. The van der Waals surface area contributed by atoms with Crippen LogP contribution in [0.2, 0.25) is 5.02 Å². The van der Waals surface area contributed by atoms with Crippen LogP contribution in [0.25, 0.3) is 6.08 Å². The Morgan fingerprint density at radius 3 is 2.71 bits per heavy atom. The fourth-order valence-electron chi connectivity index (χ4n) is 4.10. The lowest BCUT2D eigenvalue weighted by molar-refractivity contribution is -0.141. The van der Waals surface area contributed by atoms with E-state index in [1.807, 2.05) is 49.4 Å². The molecule has 38 heavy (non-hydrogen) atoms. The number of amides is 1. The van der Waals surface area contributed by atoms with Crippen LogP contribution in [0.5, 0.6) is 11.5 Å². The van der Waals surface area contributed by atoms with Crippen molar-refractivity contribution in [1.82, 2.24) is 15.1 Å². The molecule has 10 heteroatoms. The van der Waals surface area contributed by atoms with Crippen LogP contribution in [0.4, 0.5) is 13.2 Å². The first-order valence-corrected chi connectivity index (χ1v) is 12.7. The van der Waals surface area contributed by atoms with Gasteiger partial charge in [-0.3, -0.25) is 9.48 Å². The Balaban J connectivity index is 1.30. The van der Waals surface area contributed by atoms with Crippen molar-refractivity contribution < 1.29 is 27.4 Å². The molecule has 0 saturated heterocycles. The highest BCUT2D eigenvalue weighted by atomic mass is 35.5. The number of rotatable bonds is 11. The second-order valence-corrected chi connectivity index (χ2v) is 9.58. The molecular formula is C28H29ClF3N3O3. The third-order valence-electron chi connectivity index (χ3n) is 6.13. The molecule has 0 aliphatic heterocycles. The summed E-state index contributed by atoms with van der Waals surface area (Å²) in [6.07, 6.45) is 0.509. The van der Waals surface area contributed by atoms with Crippen LogP contribution in [0.15, 0.2) is 48.5 Å². The lowest BCUT2D eigenvalue weighted by Gasteiger charge is -2.11. The molecule has 1 aliphatic carbocycles. The summed E-state index contributed by atoms with van der Waals surface area (Å²) in [4.78, 5) is 12.3. The summed E-state index contributed by atoms with van der Waals surface area (Å²) in [5.41, 5.74) is 2.12. The smallest absolute Gasteiger partial charge is 0.436 e. The molecule has 1 fully saturated rings. The van der Waals surface area contributed by atoms with Crippen molar-refractivity contribution in [1.29, 1.82) is 0 Å². The molecule has 4 rings (SSSR count). The van der Waals surface area contributed by atoms with Crippen molar-refractivity contribution in [3.63, 3.8) is 0 Å². The van der Waals surface area contributed by atoms with Gasteiger partial charge in [0.2, 0.25) is 5.91 Å². The van der Waals surface area contributed by atoms with E-state index >= 15 is 0 Å². The summed E-state index contributed by atoms with van der Waals surface area (Å²) in [5.74, 6) is 1.14. The molecule has 0 radical (unpaired) electrons. The average molecular weight is 548 g/mol. The number of ether oxygens (including phenoxy) is 2. The Morgan fingerprint density at radius 1 is 1.24 bits per heavy atom. The first kappa shape index (κ1) is 27.6. The fourth-order valence-corrected chi connectivity index (χ4v) is 4.50. The number of halogens is 4. The van der Waals surface area contributed by atoms with Crippen LogP contribution in [0, 0.1) is 6.92 Å². The Labute approximate surface area is 224 Å². The van der Waals surface area contributed by atoms with E-state index in [0.29, 0.717) is 24.5 Å². The van der Waals surface area contributed by atoms with Gasteiger partial charge in [0.25, 0.3) is 0 Å². The molecule has 1 heterocycles. The van der Waals surface area contributed by atoms with Gasteiger partial charge in [-0.15, -0.1) is 0 Å². The molecule has 6 nitrogen and oxygen atoms in total. The highest BCUT2D eigenvalue weighted by Crippen LogP contribution is 2.46. The maximum Gasteiger partial charge on any atom is 0.436 e. The first-order chi connectivity index (χ1) is 18.2. The number of aromatic nitrogens is 2. The van der Waals surface area contributed by atoms with Crippen LogP contribution in [0.3, 0.4) is 0 Å². The number of hydrogen-bond acceptors (Lipinski definition) is 4. The number of hydrogen-bond donors (Lipinski definition) is 1. The van der Waals surface area contributed by atoms with Gasteiger partial charge in [-0.1, -0.05) is 29.8 Å². The van der Waals surface area contributed by atoms with Crippen LogP contribution in [0.1, 0.15) is 53.3 Å². The molecule has 1 aromatic heterocycles. The van der Waals surface area contributed by atoms with E-state index in [4.69, 9.17) is 21.1 Å². The second kappa shape index (κ2) is 11.9. The third kappa shape index (κ3) is 7.10. The van der Waals surface area contributed by atoms with Crippen molar-refractivity contribution in [2.24, 2.45) is 0 Å². The summed E-state index contributed by atoms with van der Waals surface area (Å²) in [6, 6.07) is 13.3. The quantitative estimate of drug-likeness (QED) is 0.218. The van der Waals surface area contributed by atoms with Crippen molar-refractivity contribution in [3.05, 3.63) is 81.6 Å². The topological polar surface area (TPSA) is 65.4 Å². The zero-order chi connectivity index (χ0) is 27.3. The maximum absolute atomic E-state index is 13.2. The van der Waals surface area contributed by atoms with Gasteiger partial charge in [0.05, 0.1) is 17.8 Å². The Hall–Kier alpha value is -3.46. The first-order valence-electron chi connectivity index (χ1n) is 12.3. The number of alkyl halides is 3. The van der Waals surface area contributed by atoms with Gasteiger partial charge in [-0.25, -0.2) is 0 Å². The maximum atomic E-state index is 13.2. The zero-order valence-electron chi connectivity index (χ0n) is 21.1. The van der Waals surface area contributed by atoms with Gasteiger partial charge in [-0.2, -0.15) is 18.3 Å². The number of carbonyl (C=O) groups is 1. The largest absolute Gasteiger partial charge is 0.496 e. The molecule has 0 atom stereocenters. The molecule has 2 aromatic carbocycles. The molecule has 1 saturated carbocycles. The number of benzene rings is 2. The van der Waals surface area contributed by atoms with Crippen molar-refractivity contribution in [2.75, 3.05) is 13.7 Å². The van der Waals surface area contributed by atoms with Gasteiger partial charge >= 0.3 is 6.18 Å². The molecular weight excluding hydrogens is 519 g/mol. The van der Waals surface area contributed by atoms with Crippen LogP contribution < -0.4 is 14.8 Å². The Morgan fingerprint density at radius 2 is 2.03 bits per heavy atom. The molecule has 1 amide bonds. The van der Waals surface area contributed by atoms with Crippen LogP contribution in [-0.2, 0) is 24.1 Å². The molecule has 202 valence electrons. The minimum absolute atomic E-state index is 0.0141. The monoisotopic (exact) mass is 547 g/mol. The molecule has 3 aromatic rings. The van der Waals surface area contributed by atoms with E-state index in [1.54, 1.807) is 13.2 Å². The van der Waals surface area contributed by atoms with E-state index in [0.717, 1.165) is 35.3 Å². The minimum atomic E-state index is -4.60. The standard InChI is InChI=1S/C28H29ClF3N3O3/c1-18-5-3-6-22(15-18)38-17-21-16-19(7-11-23(21)37-2)8-12-24(36)33-13-4-14-35-26(20-9-10-20)25(29)27(34-35)28(30,31)32/h3,5-8,11-12,15-16,20H,4,9-10,13-14,17H2,1-2H3,(H,33,36)/b12-8+. The van der Waals surface area contributed by atoms with E-state index in [9.17, 15) is 18.0 Å². The Kier molecular flexibility index (Phi) is 8.66. The van der Waals surface area contributed by atoms with Crippen molar-refractivity contribution >= 4 is 23.6 Å². The number of carbonyl (C=O) groups excluding carboxylic acids is 1. The molecule has 1 N–H and O–H groups in total. The predicted octanol–water partition coefficient (Wildman–Crippen LogP) is 6.55. The summed E-state index contributed by atoms with van der Waals surface area (Å²) < 4.78 is 52.3.